The number of aryl methyl sites for hydroxylation is 1. The van der Waals surface area contributed by atoms with Crippen molar-refractivity contribution in [3.05, 3.63) is 77.9 Å². The van der Waals surface area contributed by atoms with Crippen LogP contribution in [0.25, 0.3) is 0 Å². The molecule has 0 bridgehead atoms. The molecule has 1 N–H and O–H groups in total. The van der Waals surface area contributed by atoms with E-state index in [1.807, 2.05) is 6.92 Å². The first-order valence-corrected chi connectivity index (χ1v) is 10.3. The van der Waals surface area contributed by atoms with Crippen molar-refractivity contribution < 1.29 is 22.7 Å². The number of carbonyl (C=O) groups is 2. The summed E-state index contributed by atoms with van der Waals surface area (Å²) in [5, 5.41) is 0. The van der Waals surface area contributed by atoms with Crippen molar-refractivity contribution >= 4 is 21.8 Å². The van der Waals surface area contributed by atoms with Gasteiger partial charge in [-0.2, -0.15) is 4.72 Å². The Balaban J connectivity index is 2.22. The molecule has 0 saturated heterocycles. The summed E-state index contributed by atoms with van der Waals surface area (Å²) >= 11 is 0. The fraction of sp³-hybridized carbons (Fsp3) is 0.238. The summed E-state index contributed by atoms with van der Waals surface area (Å²) < 4.78 is 32.6. The molecule has 0 aliphatic carbocycles. The van der Waals surface area contributed by atoms with E-state index in [1.165, 1.54) is 42.5 Å². The van der Waals surface area contributed by atoms with Crippen molar-refractivity contribution in [2.24, 2.45) is 0 Å². The van der Waals surface area contributed by atoms with Crippen LogP contribution in [0.1, 0.15) is 39.6 Å². The Hall–Kier alpha value is -2.77. The quantitative estimate of drug-likeness (QED) is 0.396. The number of rotatable bonds is 9. The van der Waals surface area contributed by atoms with Crippen LogP contribution in [-0.4, -0.2) is 32.8 Å². The van der Waals surface area contributed by atoms with Crippen LogP contribution >= 0.6 is 0 Å². The molecule has 2 rings (SSSR count). The average Bonchev–Trinajstić information content (AvgIpc) is 2.67. The average molecular weight is 401 g/mol. The molecule has 28 heavy (non-hydrogen) atoms. The van der Waals surface area contributed by atoms with Gasteiger partial charge in [0.05, 0.1) is 23.1 Å². The number of sulfonamides is 1. The first-order valence-electron chi connectivity index (χ1n) is 8.79. The second kappa shape index (κ2) is 9.43. The van der Waals surface area contributed by atoms with Gasteiger partial charge in [-0.25, -0.2) is 13.2 Å². The lowest BCUT2D eigenvalue weighted by Gasteiger charge is -2.17. The van der Waals surface area contributed by atoms with Crippen molar-refractivity contribution in [3.63, 3.8) is 0 Å². The van der Waals surface area contributed by atoms with E-state index in [4.69, 9.17) is 4.74 Å². The van der Waals surface area contributed by atoms with Gasteiger partial charge in [-0.15, -0.1) is 6.58 Å². The van der Waals surface area contributed by atoms with E-state index in [-0.39, 0.29) is 23.5 Å². The number of benzene rings is 2. The first kappa shape index (κ1) is 21.5. The number of carbonyl (C=O) groups excluding carboxylic acids is 2. The third kappa shape index (κ3) is 5.37. The van der Waals surface area contributed by atoms with Gasteiger partial charge in [-0.1, -0.05) is 35.9 Å². The zero-order valence-electron chi connectivity index (χ0n) is 15.8. The fourth-order valence-corrected chi connectivity index (χ4v) is 3.74. The Morgan fingerprint density at radius 3 is 2.18 bits per heavy atom. The first-order chi connectivity index (χ1) is 13.3. The summed E-state index contributed by atoms with van der Waals surface area (Å²) in [5.41, 5.74) is 1.53. The number of ether oxygens (including phenoxy) is 1. The lowest BCUT2D eigenvalue weighted by Crippen LogP contribution is -2.40. The topological polar surface area (TPSA) is 89.5 Å². The molecule has 0 fully saturated rings. The summed E-state index contributed by atoms with van der Waals surface area (Å²) in [6.45, 7) is 7.41. The molecule has 7 heteroatoms. The Morgan fingerprint density at radius 2 is 1.64 bits per heavy atom. The maximum atomic E-state index is 12.8. The lowest BCUT2D eigenvalue weighted by atomic mass is 10.0. The second-order valence-electron chi connectivity index (χ2n) is 6.17. The van der Waals surface area contributed by atoms with E-state index in [9.17, 15) is 18.0 Å². The molecule has 0 radical (unpaired) electrons. The summed E-state index contributed by atoms with van der Waals surface area (Å²) in [6, 6.07) is 11.3. The maximum Gasteiger partial charge on any atom is 0.338 e. The molecule has 1 atom stereocenters. The predicted octanol–water partition coefficient (Wildman–Crippen LogP) is 3.28. The molecule has 0 aliphatic rings. The van der Waals surface area contributed by atoms with Gasteiger partial charge in [-0.3, -0.25) is 4.79 Å². The third-order valence-corrected chi connectivity index (χ3v) is 5.52. The largest absolute Gasteiger partial charge is 0.462 e. The number of nitrogens with one attached hydrogen (secondary N) is 1. The summed E-state index contributed by atoms with van der Waals surface area (Å²) in [7, 11) is -3.87. The van der Waals surface area contributed by atoms with Crippen molar-refractivity contribution in [1.82, 2.24) is 4.72 Å². The smallest absolute Gasteiger partial charge is 0.338 e. The van der Waals surface area contributed by atoms with E-state index in [0.29, 0.717) is 5.56 Å². The Morgan fingerprint density at radius 1 is 1.07 bits per heavy atom. The molecule has 1 unspecified atom stereocenters. The number of esters is 1. The highest BCUT2D eigenvalue weighted by molar-refractivity contribution is 7.89. The van der Waals surface area contributed by atoms with Crippen LogP contribution in [0, 0.1) is 6.92 Å². The van der Waals surface area contributed by atoms with E-state index in [2.05, 4.69) is 11.3 Å². The predicted molar refractivity (Wildman–Crippen MR) is 107 cm³/mol. The van der Waals surface area contributed by atoms with Crippen LogP contribution in [0.2, 0.25) is 0 Å². The number of hydrogen-bond acceptors (Lipinski definition) is 5. The minimum Gasteiger partial charge on any atom is -0.462 e. The van der Waals surface area contributed by atoms with Crippen molar-refractivity contribution in [1.29, 1.82) is 0 Å². The van der Waals surface area contributed by atoms with Gasteiger partial charge in [0.2, 0.25) is 10.0 Å². The molecule has 6 nitrogen and oxygen atoms in total. The van der Waals surface area contributed by atoms with Crippen molar-refractivity contribution in [2.75, 3.05) is 6.61 Å². The van der Waals surface area contributed by atoms with E-state index in [0.717, 1.165) is 5.56 Å². The molecule has 148 valence electrons. The monoisotopic (exact) mass is 401 g/mol. The lowest BCUT2D eigenvalue weighted by molar-refractivity contribution is 0.0526. The third-order valence-electron chi connectivity index (χ3n) is 4.03. The molecule has 0 spiro atoms. The maximum absolute atomic E-state index is 12.8. The molecule has 2 aromatic carbocycles. The SMILES string of the molecule is C=CCC(NS(=O)(=O)c1ccc(C)cc1)C(=O)c1ccc(C(=O)OCC)cc1. The van der Waals surface area contributed by atoms with Crippen LogP contribution in [0.3, 0.4) is 0 Å². The second-order valence-corrected chi connectivity index (χ2v) is 7.89. The molecule has 0 amide bonds. The zero-order valence-corrected chi connectivity index (χ0v) is 16.7. The Bertz CT molecular complexity index is 947. The highest BCUT2D eigenvalue weighted by atomic mass is 32.2. The van der Waals surface area contributed by atoms with Gasteiger partial charge in [0.25, 0.3) is 0 Å². The number of ketones is 1. The minimum atomic E-state index is -3.87. The highest BCUT2D eigenvalue weighted by Crippen LogP contribution is 2.15. The van der Waals surface area contributed by atoms with E-state index >= 15 is 0 Å². The number of hydrogen-bond donors (Lipinski definition) is 1. The van der Waals surface area contributed by atoms with E-state index in [1.54, 1.807) is 19.1 Å². The van der Waals surface area contributed by atoms with E-state index < -0.39 is 27.8 Å². The Kier molecular flexibility index (Phi) is 7.25. The van der Waals surface area contributed by atoms with Gasteiger partial charge < -0.3 is 4.74 Å². The van der Waals surface area contributed by atoms with Crippen LogP contribution in [0.4, 0.5) is 0 Å². The van der Waals surface area contributed by atoms with Gasteiger partial charge in [-0.05, 0) is 44.5 Å². The fourth-order valence-electron chi connectivity index (χ4n) is 2.53. The summed E-state index contributed by atoms with van der Waals surface area (Å²) in [4.78, 5) is 24.6. The van der Waals surface area contributed by atoms with Crippen LogP contribution in [0.15, 0.2) is 66.1 Å². The summed E-state index contributed by atoms with van der Waals surface area (Å²) in [6.07, 6.45) is 1.61. The molecule has 2 aromatic rings. The molecular weight excluding hydrogens is 378 g/mol. The van der Waals surface area contributed by atoms with Gasteiger partial charge in [0, 0.05) is 5.56 Å². The Labute approximate surface area is 165 Å². The standard InChI is InChI=1S/C21H23NO5S/c1-4-6-19(22-28(25,26)18-13-7-15(3)8-14-18)20(23)16-9-11-17(12-10-16)21(24)27-5-2/h4,7-14,19,22H,1,5-6H2,2-3H3. The van der Waals surface area contributed by atoms with Gasteiger partial charge in [0.1, 0.15) is 0 Å². The molecular formula is C21H23NO5S. The molecule has 0 heterocycles. The van der Waals surface area contributed by atoms with Gasteiger partial charge >= 0.3 is 5.97 Å². The normalized spacial score (nSPS) is 12.2. The molecule has 0 saturated carbocycles. The highest BCUT2D eigenvalue weighted by Gasteiger charge is 2.26. The molecule has 0 aliphatic heterocycles. The van der Waals surface area contributed by atoms with Crippen molar-refractivity contribution in [2.45, 2.75) is 31.2 Å². The van der Waals surface area contributed by atoms with Crippen LogP contribution in [0.5, 0.6) is 0 Å². The van der Waals surface area contributed by atoms with Crippen LogP contribution < -0.4 is 4.72 Å². The zero-order chi connectivity index (χ0) is 20.7. The van der Waals surface area contributed by atoms with Crippen LogP contribution in [-0.2, 0) is 14.8 Å². The minimum absolute atomic E-state index is 0.0811. The van der Waals surface area contributed by atoms with Crippen molar-refractivity contribution in [3.8, 4) is 0 Å². The van der Waals surface area contributed by atoms with Gasteiger partial charge in [0.15, 0.2) is 5.78 Å². The number of Topliss-reactive ketones (excluding diaryl/α,β-unsaturated/α-hetero) is 1. The molecule has 0 aromatic heterocycles. The summed E-state index contributed by atoms with van der Waals surface area (Å²) in [5.74, 6) is -0.893.